The lowest BCUT2D eigenvalue weighted by molar-refractivity contribution is 0.0746. The van der Waals surface area contributed by atoms with Gasteiger partial charge in [0, 0.05) is 18.5 Å². The summed E-state index contributed by atoms with van der Waals surface area (Å²) in [6.45, 7) is 1.77. The molecule has 2 atom stereocenters. The molecule has 2 unspecified atom stereocenters. The predicted octanol–water partition coefficient (Wildman–Crippen LogP) is 2.53. The van der Waals surface area contributed by atoms with Gasteiger partial charge in [-0.3, -0.25) is 4.79 Å². The maximum Gasteiger partial charge on any atom is 0.289 e. The molecule has 1 aromatic carbocycles. The van der Waals surface area contributed by atoms with Crippen molar-refractivity contribution >= 4 is 16.9 Å². The van der Waals surface area contributed by atoms with Crippen molar-refractivity contribution in [2.75, 3.05) is 20.2 Å². The van der Waals surface area contributed by atoms with Crippen LogP contribution < -0.4 is 4.74 Å². The lowest BCUT2D eigenvalue weighted by Crippen LogP contribution is -2.29. The zero-order valence-corrected chi connectivity index (χ0v) is 10.8. The van der Waals surface area contributed by atoms with Gasteiger partial charge in [-0.15, -0.1) is 0 Å². The maximum atomic E-state index is 12.4. The zero-order valence-electron chi connectivity index (χ0n) is 10.8. The van der Waals surface area contributed by atoms with E-state index in [9.17, 15) is 4.79 Å². The number of hydrogen-bond donors (Lipinski definition) is 0. The normalized spacial score (nSPS) is 24.6. The molecule has 0 bridgehead atoms. The number of para-hydroxylation sites is 1. The Bertz CT molecular complexity index is 650. The van der Waals surface area contributed by atoms with Gasteiger partial charge in [0.25, 0.3) is 5.91 Å². The number of rotatable bonds is 2. The van der Waals surface area contributed by atoms with Gasteiger partial charge >= 0.3 is 0 Å². The van der Waals surface area contributed by atoms with E-state index in [0.29, 0.717) is 17.1 Å². The minimum atomic E-state index is 0.00505. The third kappa shape index (κ3) is 1.63. The third-order valence-electron chi connectivity index (χ3n) is 4.20. The first-order valence-corrected chi connectivity index (χ1v) is 6.62. The first-order valence-electron chi connectivity index (χ1n) is 6.62. The van der Waals surface area contributed by atoms with Gasteiger partial charge in [-0.1, -0.05) is 12.1 Å². The van der Waals surface area contributed by atoms with E-state index in [1.165, 1.54) is 6.42 Å². The van der Waals surface area contributed by atoms with Crippen molar-refractivity contribution in [3.63, 3.8) is 0 Å². The molecule has 19 heavy (non-hydrogen) atoms. The van der Waals surface area contributed by atoms with E-state index in [1.807, 2.05) is 29.2 Å². The number of fused-ring (bicyclic) bond motifs is 2. The summed E-state index contributed by atoms with van der Waals surface area (Å²) in [6.07, 6.45) is 1.29. The lowest BCUT2D eigenvalue weighted by atomic mass is 10.2. The summed E-state index contributed by atoms with van der Waals surface area (Å²) in [4.78, 5) is 14.3. The highest BCUT2D eigenvalue weighted by Gasteiger charge is 2.47. The topological polar surface area (TPSA) is 42.7 Å². The van der Waals surface area contributed by atoms with Gasteiger partial charge in [-0.2, -0.15) is 0 Å². The standard InChI is InChI=1S/C15H15NO3/c1-18-12-4-2-3-9-6-13(19-14(9)12)15(17)16-7-10-5-11(10)8-16/h2-4,6,10-11H,5,7-8H2,1H3. The number of piperidine rings is 1. The molecule has 1 aliphatic heterocycles. The van der Waals surface area contributed by atoms with Crippen molar-refractivity contribution in [3.05, 3.63) is 30.0 Å². The Hall–Kier alpha value is -1.97. The molecule has 2 heterocycles. The lowest BCUT2D eigenvalue weighted by Gasteiger charge is -2.15. The smallest absolute Gasteiger partial charge is 0.289 e. The fourth-order valence-corrected chi connectivity index (χ4v) is 3.02. The summed E-state index contributed by atoms with van der Waals surface area (Å²) in [5.41, 5.74) is 0.651. The van der Waals surface area contributed by atoms with Gasteiger partial charge in [0.2, 0.25) is 0 Å². The molecule has 1 saturated carbocycles. The number of ether oxygens (including phenoxy) is 1. The molecule has 1 amide bonds. The number of carbonyl (C=O) groups excluding carboxylic acids is 1. The van der Waals surface area contributed by atoms with E-state index in [-0.39, 0.29) is 5.91 Å². The van der Waals surface area contributed by atoms with Crippen LogP contribution in [-0.2, 0) is 0 Å². The van der Waals surface area contributed by atoms with Crippen LogP contribution in [0, 0.1) is 11.8 Å². The van der Waals surface area contributed by atoms with Crippen molar-refractivity contribution in [2.45, 2.75) is 6.42 Å². The molecule has 98 valence electrons. The number of carbonyl (C=O) groups is 1. The van der Waals surface area contributed by atoms with E-state index >= 15 is 0 Å². The van der Waals surface area contributed by atoms with E-state index in [4.69, 9.17) is 9.15 Å². The fraction of sp³-hybridized carbons (Fsp3) is 0.400. The van der Waals surface area contributed by atoms with Crippen LogP contribution in [0.5, 0.6) is 5.75 Å². The second-order valence-electron chi connectivity index (χ2n) is 5.46. The Balaban J connectivity index is 1.69. The van der Waals surface area contributed by atoms with Gasteiger partial charge < -0.3 is 14.1 Å². The fourth-order valence-electron chi connectivity index (χ4n) is 3.02. The highest BCUT2D eigenvalue weighted by molar-refractivity contribution is 5.97. The second kappa shape index (κ2) is 3.76. The SMILES string of the molecule is COc1cccc2cc(C(=O)N3CC4CC4C3)oc12. The largest absolute Gasteiger partial charge is 0.493 e. The first-order chi connectivity index (χ1) is 9.26. The van der Waals surface area contributed by atoms with Crippen LogP contribution >= 0.6 is 0 Å². The van der Waals surface area contributed by atoms with Crippen LogP contribution in [0.3, 0.4) is 0 Å². The Labute approximate surface area is 110 Å². The summed E-state index contributed by atoms with van der Waals surface area (Å²) >= 11 is 0. The Morgan fingerprint density at radius 2 is 2.16 bits per heavy atom. The number of furan rings is 1. The molecule has 2 fully saturated rings. The van der Waals surface area contributed by atoms with Crippen molar-refractivity contribution in [3.8, 4) is 5.75 Å². The number of nitrogens with zero attached hydrogens (tertiary/aromatic N) is 1. The van der Waals surface area contributed by atoms with Crippen molar-refractivity contribution < 1.29 is 13.9 Å². The van der Waals surface area contributed by atoms with E-state index in [2.05, 4.69) is 0 Å². The second-order valence-corrected chi connectivity index (χ2v) is 5.46. The minimum absolute atomic E-state index is 0.00505. The quantitative estimate of drug-likeness (QED) is 0.830. The number of amides is 1. The molecular weight excluding hydrogens is 242 g/mol. The molecular formula is C15H15NO3. The van der Waals surface area contributed by atoms with Gasteiger partial charge in [0.1, 0.15) is 0 Å². The first kappa shape index (κ1) is 10.9. The summed E-state index contributed by atoms with van der Waals surface area (Å²) in [7, 11) is 1.60. The molecule has 1 aliphatic carbocycles. The molecule has 0 radical (unpaired) electrons. The monoisotopic (exact) mass is 257 g/mol. The van der Waals surface area contributed by atoms with Gasteiger partial charge in [-0.05, 0) is 30.4 Å². The summed E-state index contributed by atoms with van der Waals surface area (Å²) in [5, 5.41) is 0.909. The minimum Gasteiger partial charge on any atom is -0.493 e. The van der Waals surface area contributed by atoms with Crippen molar-refractivity contribution in [1.29, 1.82) is 0 Å². The molecule has 0 N–H and O–H groups in total. The summed E-state index contributed by atoms with van der Waals surface area (Å²) < 4.78 is 10.9. The number of benzene rings is 1. The molecule has 0 spiro atoms. The van der Waals surface area contributed by atoms with Crippen LogP contribution in [0.2, 0.25) is 0 Å². The number of methoxy groups -OCH3 is 1. The number of hydrogen-bond acceptors (Lipinski definition) is 3. The molecule has 2 aliphatic rings. The van der Waals surface area contributed by atoms with E-state index < -0.39 is 0 Å². The van der Waals surface area contributed by atoms with Gasteiger partial charge in [0.05, 0.1) is 7.11 Å². The maximum absolute atomic E-state index is 12.4. The molecule has 4 heteroatoms. The van der Waals surface area contributed by atoms with Crippen LogP contribution in [0.15, 0.2) is 28.7 Å². The van der Waals surface area contributed by atoms with Crippen molar-refractivity contribution in [2.24, 2.45) is 11.8 Å². The van der Waals surface area contributed by atoms with E-state index in [1.54, 1.807) is 7.11 Å². The molecule has 4 nitrogen and oxygen atoms in total. The molecule has 1 saturated heterocycles. The van der Waals surface area contributed by atoms with Crippen molar-refractivity contribution in [1.82, 2.24) is 4.90 Å². The highest BCUT2D eigenvalue weighted by atomic mass is 16.5. The average Bonchev–Trinajstić information content (AvgIpc) is 2.89. The Kier molecular flexibility index (Phi) is 2.16. The Morgan fingerprint density at radius 3 is 2.89 bits per heavy atom. The molecule has 2 aromatic rings. The Morgan fingerprint density at radius 1 is 1.37 bits per heavy atom. The molecule has 1 aromatic heterocycles. The predicted molar refractivity (Wildman–Crippen MR) is 70.3 cm³/mol. The van der Waals surface area contributed by atoms with Crippen LogP contribution in [-0.4, -0.2) is 31.0 Å². The zero-order chi connectivity index (χ0) is 13.0. The summed E-state index contributed by atoms with van der Waals surface area (Å²) in [5.74, 6) is 2.57. The van der Waals surface area contributed by atoms with Gasteiger partial charge in [-0.25, -0.2) is 0 Å². The summed E-state index contributed by atoms with van der Waals surface area (Å²) in [6, 6.07) is 7.48. The van der Waals surface area contributed by atoms with E-state index in [0.717, 1.165) is 30.3 Å². The number of likely N-dealkylation sites (tertiary alicyclic amines) is 1. The molecule has 4 rings (SSSR count). The average molecular weight is 257 g/mol. The van der Waals surface area contributed by atoms with Gasteiger partial charge in [0.15, 0.2) is 17.1 Å². The highest BCUT2D eigenvalue weighted by Crippen LogP contribution is 2.45. The third-order valence-corrected chi connectivity index (χ3v) is 4.20. The van der Waals surface area contributed by atoms with Crippen LogP contribution in [0.1, 0.15) is 17.0 Å². The van der Waals surface area contributed by atoms with Crippen LogP contribution in [0.25, 0.3) is 11.0 Å². The van der Waals surface area contributed by atoms with Crippen LogP contribution in [0.4, 0.5) is 0 Å².